The second-order valence-corrected chi connectivity index (χ2v) is 3.68. The summed E-state index contributed by atoms with van der Waals surface area (Å²) in [4.78, 5) is 4.26. The van der Waals surface area contributed by atoms with Gasteiger partial charge in [-0.1, -0.05) is 13.0 Å². The van der Waals surface area contributed by atoms with Gasteiger partial charge in [-0.3, -0.25) is 4.98 Å². The van der Waals surface area contributed by atoms with Gasteiger partial charge in [0.05, 0.1) is 11.8 Å². The Hall–Kier alpha value is -0.890. The van der Waals surface area contributed by atoms with E-state index in [1.54, 1.807) is 6.20 Å². The van der Waals surface area contributed by atoms with Crippen molar-refractivity contribution in [3.05, 3.63) is 29.6 Å². The van der Waals surface area contributed by atoms with Crippen LogP contribution in [0.5, 0.6) is 0 Å². The fourth-order valence-electron chi connectivity index (χ4n) is 1.65. The molecule has 0 aliphatic heterocycles. The average molecular weight is 177 g/mol. The number of aryl methyl sites for hydroxylation is 1. The summed E-state index contributed by atoms with van der Waals surface area (Å²) in [6.07, 6.45) is 4.70. The first-order chi connectivity index (χ1) is 6.33. The Morgan fingerprint density at radius 1 is 1.62 bits per heavy atom. The van der Waals surface area contributed by atoms with E-state index in [9.17, 15) is 5.11 Å². The van der Waals surface area contributed by atoms with Crippen molar-refractivity contribution in [3.63, 3.8) is 0 Å². The van der Waals surface area contributed by atoms with Gasteiger partial charge < -0.3 is 5.11 Å². The number of rotatable bonds is 3. The Bertz CT molecular complexity index is 294. The molecule has 1 unspecified atom stereocenters. The molecular weight excluding hydrogens is 162 g/mol. The predicted octanol–water partition coefficient (Wildman–Crippen LogP) is 2.09. The summed E-state index contributed by atoms with van der Waals surface area (Å²) in [5, 5.41) is 9.91. The first-order valence-corrected chi connectivity index (χ1v) is 4.94. The van der Waals surface area contributed by atoms with Gasteiger partial charge in [0.2, 0.25) is 0 Å². The fourth-order valence-corrected chi connectivity index (χ4v) is 1.65. The van der Waals surface area contributed by atoms with Crippen molar-refractivity contribution in [2.24, 2.45) is 5.92 Å². The molecule has 13 heavy (non-hydrogen) atoms. The minimum atomic E-state index is -0.323. The molecule has 0 radical (unpaired) electrons. The van der Waals surface area contributed by atoms with Crippen LogP contribution >= 0.6 is 0 Å². The third kappa shape index (κ3) is 1.73. The van der Waals surface area contributed by atoms with Crippen LogP contribution in [0.3, 0.4) is 0 Å². The maximum Gasteiger partial charge on any atom is 0.0990 e. The Morgan fingerprint density at radius 3 is 3.00 bits per heavy atom. The van der Waals surface area contributed by atoms with Gasteiger partial charge in [-0.25, -0.2) is 0 Å². The quantitative estimate of drug-likeness (QED) is 0.766. The Kier molecular flexibility index (Phi) is 2.32. The van der Waals surface area contributed by atoms with E-state index in [-0.39, 0.29) is 6.10 Å². The number of aliphatic hydroxyl groups excluding tert-OH is 1. The van der Waals surface area contributed by atoms with Crippen LogP contribution < -0.4 is 0 Å². The number of nitrogens with zero attached hydrogens (tertiary/aromatic N) is 1. The van der Waals surface area contributed by atoms with Gasteiger partial charge in [0.25, 0.3) is 0 Å². The Balaban J connectivity index is 2.26. The maximum atomic E-state index is 9.91. The highest BCUT2D eigenvalue weighted by Crippen LogP contribution is 2.40. The van der Waals surface area contributed by atoms with Crippen molar-refractivity contribution >= 4 is 0 Å². The zero-order valence-electron chi connectivity index (χ0n) is 7.90. The summed E-state index contributed by atoms with van der Waals surface area (Å²) in [5.74, 6) is 0.472. The molecule has 0 aromatic carbocycles. The van der Waals surface area contributed by atoms with Crippen LogP contribution in [0.2, 0.25) is 0 Å². The largest absolute Gasteiger partial charge is 0.387 e. The number of aromatic nitrogens is 1. The molecule has 1 N–H and O–H groups in total. The Morgan fingerprint density at radius 2 is 2.38 bits per heavy atom. The molecule has 0 amide bonds. The van der Waals surface area contributed by atoms with Crippen molar-refractivity contribution in [2.45, 2.75) is 32.3 Å². The lowest BCUT2D eigenvalue weighted by atomic mass is 10.0. The van der Waals surface area contributed by atoms with Crippen LogP contribution in [0.4, 0.5) is 0 Å². The molecule has 2 nitrogen and oxygen atoms in total. The summed E-state index contributed by atoms with van der Waals surface area (Å²) in [5.41, 5.74) is 2.08. The smallest absolute Gasteiger partial charge is 0.0990 e. The molecular formula is C11H15NO. The first kappa shape index (κ1) is 8.70. The molecule has 70 valence electrons. The number of aliphatic hydroxyl groups is 1. The van der Waals surface area contributed by atoms with Crippen LogP contribution in [0.15, 0.2) is 18.3 Å². The molecule has 1 saturated carbocycles. The zero-order chi connectivity index (χ0) is 9.26. The third-order valence-electron chi connectivity index (χ3n) is 2.66. The SMILES string of the molecule is CCc1cccnc1C(O)C1CC1. The van der Waals surface area contributed by atoms with E-state index in [0.717, 1.165) is 25.0 Å². The van der Waals surface area contributed by atoms with Crippen LogP contribution in [0, 0.1) is 5.92 Å². The normalized spacial score (nSPS) is 18.6. The monoisotopic (exact) mass is 177 g/mol. The van der Waals surface area contributed by atoms with Gasteiger partial charge in [0.15, 0.2) is 0 Å². The maximum absolute atomic E-state index is 9.91. The van der Waals surface area contributed by atoms with Crippen LogP contribution in [-0.4, -0.2) is 10.1 Å². The van der Waals surface area contributed by atoms with Crippen LogP contribution in [-0.2, 0) is 6.42 Å². The van der Waals surface area contributed by atoms with Crippen molar-refractivity contribution < 1.29 is 5.11 Å². The fraction of sp³-hybridized carbons (Fsp3) is 0.545. The molecule has 1 atom stereocenters. The lowest BCUT2D eigenvalue weighted by Gasteiger charge is -2.11. The van der Waals surface area contributed by atoms with E-state index in [1.807, 2.05) is 12.1 Å². The minimum Gasteiger partial charge on any atom is -0.387 e. The minimum absolute atomic E-state index is 0.323. The van der Waals surface area contributed by atoms with Crippen LogP contribution in [0.1, 0.15) is 37.1 Å². The van der Waals surface area contributed by atoms with Crippen molar-refractivity contribution in [2.75, 3.05) is 0 Å². The summed E-state index contributed by atoms with van der Waals surface area (Å²) in [7, 11) is 0. The van der Waals surface area contributed by atoms with Crippen LogP contribution in [0.25, 0.3) is 0 Å². The van der Waals surface area contributed by atoms with E-state index >= 15 is 0 Å². The molecule has 0 bridgehead atoms. The lowest BCUT2D eigenvalue weighted by molar-refractivity contribution is 0.148. The molecule has 2 rings (SSSR count). The standard InChI is InChI=1S/C11H15NO/c1-2-8-4-3-7-12-10(8)11(13)9-5-6-9/h3-4,7,9,11,13H,2,5-6H2,1H3. The number of hydrogen-bond donors (Lipinski definition) is 1. The third-order valence-corrected chi connectivity index (χ3v) is 2.66. The number of pyridine rings is 1. The highest BCUT2D eigenvalue weighted by Gasteiger charge is 2.32. The molecule has 1 fully saturated rings. The van der Waals surface area contributed by atoms with Gasteiger partial charge in [-0.15, -0.1) is 0 Å². The topological polar surface area (TPSA) is 33.1 Å². The molecule has 1 heterocycles. The zero-order valence-corrected chi connectivity index (χ0v) is 7.90. The molecule has 1 aliphatic carbocycles. The summed E-state index contributed by atoms with van der Waals surface area (Å²) >= 11 is 0. The predicted molar refractivity (Wildman–Crippen MR) is 51.3 cm³/mol. The van der Waals surface area contributed by atoms with E-state index in [2.05, 4.69) is 11.9 Å². The second-order valence-electron chi connectivity index (χ2n) is 3.68. The summed E-state index contributed by atoms with van der Waals surface area (Å²) in [6.45, 7) is 2.10. The van der Waals surface area contributed by atoms with Gasteiger partial charge in [0, 0.05) is 6.20 Å². The number of hydrogen-bond acceptors (Lipinski definition) is 2. The molecule has 0 spiro atoms. The van der Waals surface area contributed by atoms with Crippen molar-refractivity contribution in [3.8, 4) is 0 Å². The van der Waals surface area contributed by atoms with E-state index in [4.69, 9.17) is 0 Å². The van der Waals surface area contributed by atoms with Crippen molar-refractivity contribution in [1.82, 2.24) is 4.98 Å². The summed E-state index contributed by atoms with van der Waals surface area (Å²) < 4.78 is 0. The first-order valence-electron chi connectivity index (χ1n) is 4.94. The van der Waals surface area contributed by atoms with Gasteiger partial charge in [-0.2, -0.15) is 0 Å². The molecule has 1 aromatic rings. The van der Waals surface area contributed by atoms with Crippen molar-refractivity contribution in [1.29, 1.82) is 0 Å². The highest BCUT2D eigenvalue weighted by molar-refractivity contribution is 5.22. The molecule has 0 saturated heterocycles. The molecule has 2 heteroatoms. The molecule has 1 aliphatic rings. The Labute approximate surface area is 78.6 Å². The van der Waals surface area contributed by atoms with E-state index in [0.29, 0.717) is 5.92 Å². The van der Waals surface area contributed by atoms with Gasteiger partial charge in [-0.05, 0) is 36.8 Å². The second kappa shape index (κ2) is 3.46. The molecule has 1 aromatic heterocycles. The lowest BCUT2D eigenvalue weighted by Crippen LogP contribution is -2.05. The van der Waals surface area contributed by atoms with E-state index < -0.39 is 0 Å². The van der Waals surface area contributed by atoms with Gasteiger partial charge >= 0.3 is 0 Å². The highest BCUT2D eigenvalue weighted by atomic mass is 16.3. The van der Waals surface area contributed by atoms with Gasteiger partial charge in [0.1, 0.15) is 0 Å². The average Bonchev–Trinajstić information content (AvgIpc) is 3.00. The summed E-state index contributed by atoms with van der Waals surface area (Å²) in [6, 6.07) is 3.98. The van der Waals surface area contributed by atoms with E-state index in [1.165, 1.54) is 5.56 Å².